The van der Waals surface area contributed by atoms with Crippen LogP contribution in [0.1, 0.15) is 5.56 Å². The van der Waals surface area contributed by atoms with Gasteiger partial charge < -0.3 is 15.5 Å². The summed E-state index contributed by atoms with van der Waals surface area (Å²) >= 11 is 0. The molecule has 0 unspecified atom stereocenters. The monoisotopic (exact) mass is 315 g/mol. The molecule has 1 aromatic carbocycles. The summed E-state index contributed by atoms with van der Waals surface area (Å²) in [7, 11) is 0. The number of nitrogen functional groups attached to an aromatic ring is 1. The van der Waals surface area contributed by atoms with Gasteiger partial charge in [0.15, 0.2) is 11.6 Å². The molecule has 3 aromatic rings. The van der Waals surface area contributed by atoms with E-state index in [1.54, 1.807) is 30.6 Å². The first-order valence-electron chi connectivity index (χ1n) is 7.08. The number of aromatic amines is 1. The van der Waals surface area contributed by atoms with Crippen LogP contribution in [0.4, 0.5) is 14.5 Å². The summed E-state index contributed by atoms with van der Waals surface area (Å²) < 4.78 is 31.8. The van der Waals surface area contributed by atoms with E-state index in [2.05, 4.69) is 9.97 Å². The van der Waals surface area contributed by atoms with E-state index < -0.39 is 12.5 Å². The van der Waals surface area contributed by atoms with Gasteiger partial charge in [-0.1, -0.05) is 12.2 Å². The molecule has 3 N–H and O–H groups in total. The molecule has 0 aliphatic carbocycles. The second kappa shape index (κ2) is 6.48. The van der Waals surface area contributed by atoms with Crippen molar-refractivity contribution in [3.8, 4) is 11.5 Å². The Morgan fingerprint density at radius 1 is 1.22 bits per heavy atom. The van der Waals surface area contributed by atoms with Crippen LogP contribution in [0.25, 0.3) is 11.0 Å². The number of hydrogen-bond donors (Lipinski definition) is 2. The lowest BCUT2D eigenvalue weighted by Crippen LogP contribution is -1.93. The molecule has 0 aliphatic rings. The van der Waals surface area contributed by atoms with Gasteiger partial charge in [-0.05, 0) is 30.2 Å². The number of pyridine rings is 1. The highest BCUT2D eigenvalue weighted by atomic mass is 19.1. The van der Waals surface area contributed by atoms with Gasteiger partial charge >= 0.3 is 0 Å². The van der Waals surface area contributed by atoms with Gasteiger partial charge in [-0.25, -0.2) is 13.8 Å². The number of hydrogen-bond acceptors (Lipinski definition) is 3. The molecule has 0 bridgehead atoms. The van der Waals surface area contributed by atoms with Crippen molar-refractivity contribution in [1.82, 2.24) is 9.97 Å². The molecule has 0 radical (unpaired) electrons. The van der Waals surface area contributed by atoms with E-state index in [4.69, 9.17) is 10.5 Å². The molecular formula is C17H15F2N3O. The van der Waals surface area contributed by atoms with E-state index in [1.165, 1.54) is 18.2 Å². The summed E-state index contributed by atoms with van der Waals surface area (Å²) in [6, 6.07) is 5.91. The summed E-state index contributed by atoms with van der Waals surface area (Å²) in [5.74, 6) is 0.0195. The Morgan fingerprint density at radius 2 is 2.09 bits per heavy atom. The molecule has 0 fully saturated rings. The number of alkyl halides is 1. The molecule has 0 aliphatic heterocycles. The van der Waals surface area contributed by atoms with Crippen molar-refractivity contribution in [1.29, 1.82) is 0 Å². The van der Waals surface area contributed by atoms with Crippen LogP contribution in [-0.2, 0) is 6.42 Å². The minimum atomic E-state index is -0.538. The van der Waals surface area contributed by atoms with Crippen LogP contribution in [0.5, 0.6) is 11.5 Å². The number of nitrogens with zero attached hydrogens (tertiary/aromatic N) is 1. The lowest BCUT2D eigenvalue weighted by atomic mass is 10.1. The number of rotatable bonds is 5. The topological polar surface area (TPSA) is 63.9 Å². The Kier molecular flexibility index (Phi) is 4.23. The van der Waals surface area contributed by atoms with Crippen molar-refractivity contribution in [2.45, 2.75) is 6.42 Å². The molecule has 4 nitrogen and oxygen atoms in total. The normalized spacial score (nSPS) is 11.4. The summed E-state index contributed by atoms with van der Waals surface area (Å²) in [6.07, 6.45) is 7.05. The van der Waals surface area contributed by atoms with Crippen LogP contribution in [0.2, 0.25) is 0 Å². The van der Waals surface area contributed by atoms with Crippen molar-refractivity contribution in [2.75, 3.05) is 12.4 Å². The van der Waals surface area contributed by atoms with Crippen molar-refractivity contribution in [3.05, 3.63) is 60.2 Å². The summed E-state index contributed by atoms with van der Waals surface area (Å²) in [5.41, 5.74) is 7.38. The summed E-state index contributed by atoms with van der Waals surface area (Å²) in [5, 5.41) is 0.743. The zero-order valence-corrected chi connectivity index (χ0v) is 12.2. The molecule has 0 saturated heterocycles. The van der Waals surface area contributed by atoms with E-state index in [1.807, 2.05) is 0 Å². The van der Waals surface area contributed by atoms with Gasteiger partial charge in [-0.3, -0.25) is 0 Å². The number of nitrogens with one attached hydrogen (secondary N) is 1. The third-order valence-electron chi connectivity index (χ3n) is 3.39. The maximum atomic E-state index is 13.9. The van der Waals surface area contributed by atoms with E-state index in [0.29, 0.717) is 23.5 Å². The SMILES string of the molecule is Nc1ccc(Oc2ccnc3[nH]cc(C/C=C/CF)c23)c(F)c1. The maximum Gasteiger partial charge on any atom is 0.167 e. The van der Waals surface area contributed by atoms with E-state index in [-0.39, 0.29) is 5.75 Å². The number of ether oxygens (including phenoxy) is 1. The Labute approximate surface area is 131 Å². The first-order valence-corrected chi connectivity index (χ1v) is 7.08. The number of anilines is 1. The molecule has 0 amide bonds. The first-order chi connectivity index (χ1) is 11.2. The van der Waals surface area contributed by atoms with E-state index in [9.17, 15) is 8.78 Å². The largest absolute Gasteiger partial charge is 0.453 e. The fourth-order valence-corrected chi connectivity index (χ4v) is 2.33. The quantitative estimate of drug-likeness (QED) is 0.549. The Bertz CT molecular complexity index is 858. The Balaban J connectivity index is 1.99. The third-order valence-corrected chi connectivity index (χ3v) is 3.39. The summed E-state index contributed by atoms with van der Waals surface area (Å²) in [4.78, 5) is 7.25. The van der Waals surface area contributed by atoms with Gasteiger partial charge in [0.05, 0.1) is 5.39 Å². The molecule has 2 heterocycles. The number of fused-ring (bicyclic) bond motifs is 1. The van der Waals surface area contributed by atoms with Crippen LogP contribution < -0.4 is 10.5 Å². The molecule has 3 rings (SSSR count). The second-order valence-corrected chi connectivity index (χ2v) is 4.97. The second-order valence-electron chi connectivity index (χ2n) is 4.97. The number of aromatic nitrogens is 2. The van der Waals surface area contributed by atoms with Gasteiger partial charge in [0, 0.05) is 24.1 Å². The van der Waals surface area contributed by atoms with E-state index >= 15 is 0 Å². The Morgan fingerprint density at radius 3 is 2.87 bits per heavy atom. The van der Waals surface area contributed by atoms with Gasteiger partial charge in [-0.15, -0.1) is 0 Å². The average Bonchev–Trinajstić information content (AvgIpc) is 2.95. The zero-order valence-electron chi connectivity index (χ0n) is 12.2. The number of H-pyrrole nitrogens is 1. The maximum absolute atomic E-state index is 13.9. The van der Waals surface area contributed by atoms with Crippen LogP contribution in [0.3, 0.4) is 0 Å². The highest BCUT2D eigenvalue weighted by Crippen LogP contribution is 2.33. The molecule has 0 spiro atoms. The molecule has 118 valence electrons. The molecule has 23 heavy (non-hydrogen) atoms. The van der Waals surface area contributed by atoms with Gasteiger partial charge in [0.2, 0.25) is 0 Å². The third kappa shape index (κ3) is 3.15. The fourth-order valence-electron chi connectivity index (χ4n) is 2.33. The highest BCUT2D eigenvalue weighted by molar-refractivity contribution is 5.86. The molecule has 6 heteroatoms. The standard InChI is InChI=1S/C17H15F2N3O/c18-7-2-1-3-11-10-22-17-16(11)15(6-8-21-17)23-14-5-4-12(20)9-13(14)19/h1-2,4-6,8-10H,3,7,20H2,(H,21,22)/b2-1+. The predicted octanol–water partition coefficient (Wildman–Crippen LogP) is 4.14. The predicted molar refractivity (Wildman–Crippen MR) is 85.8 cm³/mol. The van der Waals surface area contributed by atoms with Gasteiger partial charge in [0.1, 0.15) is 18.1 Å². The van der Waals surface area contributed by atoms with Crippen LogP contribution in [0.15, 0.2) is 48.8 Å². The fraction of sp³-hybridized carbons (Fsp3) is 0.118. The van der Waals surface area contributed by atoms with Gasteiger partial charge in [-0.2, -0.15) is 0 Å². The van der Waals surface area contributed by atoms with Crippen LogP contribution >= 0.6 is 0 Å². The minimum Gasteiger partial charge on any atom is -0.453 e. The molecule has 0 saturated carbocycles. The number of benzene rings is 1. The van der Waals surface area contributed by atoms with Crippen molar-refractivity contribution in [3.63, 3.8) is 0 Å². The average molecular weight is 315 g/mol. The minimum absolute atomic E-state index is 0.0816. The molecule has 0 atom stereocenters. The lowest BCUT2D eigenvalue weighted by Gasteiger charge is -2.09. The van der Waals surface area contributed by atoms with Crippen molar-refractivity contribution >= 4 is 16.7 Å². The zero-order chi connectivity index (χ0) is 16.2. The lowest BCUT2D eigenvalue weighted by molar-refractivity contribution is 0.446. The number of halogens is 2. The van der Waals surface area contributed by atoms with Crippen LogP contribution in [0, 0.1) is 5.82 Å². The highest BCUT2D eigenvalue weighted by Gasteiger charge is 2.12. The van der Waals surface area contributed by atoms with Crippen LogP contribution in [-0.4, -0.2) is 16.6 Å². The van der Waals surface area contributed by atoms with Crippen molar-refractivity contribution in [2.24, 2.45) is 0 Å². The Hall–Kier alpha value is -2.89. The van der Waals surface area contributed by atoms with Crippen molar-refractivity contribution < 1.29 is 13.5 Å². The first kappa shape index (κ1) is 15.0. The summed E-state index contributed by atoms with van der Waals surface area (Å²) in [6.45, 7) is -0.513. The smallest absolute Gasteiger partial charge is 0.167 e. The van der Waals surface area contributed by atoms with E-state index in [0.717, 1.165) is 10.9 Å². The molecular weight excluding hydrogens is 300 g/mol. The number of nitrogens with two attached hydrogens (primary N) is 1. The number of allylic oxidation sites excluding steroid dienone is 2. The van der Waals surface area contributed by atoms with Gasteiger partial charge in [0.25, 0.3) is 0 Å². The molecule has 2 aromatic heterocycles.